The van der Waals surface area contributed by atoms with E-state index in [1.807, 2.05) is 37.3 Å². The van der Waals surface area contributed by atoms with E-state index in [-0.39, 0.29) is 17.6 Å². The van der Waals surface area contributed by atoms with E-state index in [2.05, 4.69) is 15.7 Å². The zero-order valence-corrected chi connectivity index (χ0v) is 15.8. The fourth-order valence-corrected chi connectivity index (χ4v) is 3.67. The Kier molecular flexibility index (Phi) is 5.21. The Morgan fingerprint density at radius 3 is 2.64 bits per heavy atom. The first-order valence-corrected chi connectivity index (χ1v) is 9.54. The zero-order chi connectivity index (χ0) is 19.5. The Balaban J connectivity index is 1.71. The van der Waals surface area contributed by atoms with Crippen LogP contribution in [-0.2, 0) is 0 Å². The molecule has 4 rings (SSSR count). The molecule has 1 amide bonds. The van der Waals surface area contributed by atoms with Crippen molar-refractivity contribution in [2.24, 2.45) is 0 Å². The molecule has 2 aromatic carbocycles. The molecule has 5 nitrogen and oxygen atoms in total. The third-order valence-electron chi connectivity index (χ3n) is 5.14. The van der Waals surface area contributed by atoms with Gasteiger partial charge >= 0.3 is 0 Å². The number of carbonyl (C=O) groups excluding carboxylic acids is 1. The molecule has 1 fully saturated rings. The molecule has 0 aliphatic carbocycles. The fourth-order valence-electron chi connectivity index (χ4n) is 3.67. The third-order valence-corrected chi connectivity index (χ3v) is 5.14. The van der Waals surface area contributed by atoms with Crippen molar-refractivity contribution in [1.82, 2.24) is 15.1 Å². The van der Waals surface area contributed by atoms with Gasteiger partial charge in [0.05, 0.1) is 23.1 Å². The highest BCUT2D eigenvalue weighted by molar-refractivity contribution is 6.05. The lowest BCUT2D eigenvalue weighted by molar-refractivity contribution is 0.102. The monoisotopic (exact) mass is 378 g/mol. The Hall–Kier alpha value is -2.99. The molecule has 6 heteroatoms. The van der Waals surface area contributed by atoms with Crippen LogP contribution in [0, 0.1) is 12.7 Å². The Bertz CT molecular complexity index is 974. The van der Waals surface area contributed by atoms with E-state index in [0.717, 1.165) is 42.9 Å². The van der Waals surface area contributed by atoms with Crippen LogP contribution in [0.2, 0.25) is 0 Å². The van der Waals surface area contributed by atoms with Crippen LogP contribution < -0.4 is 10.6 Å². The summed E-state index contributed by atoms with van der Waals surface area (Å²) in [6, 6.07) is 14.0. The highest BCUT2D eigenvalue weighted by atomic mass is 19.1. The van der Waals surface area contributed by atoms with Crippen molar-refractivity contribution in [2.75, 3.05) is 18.4 Å². The predicted octanol–water partition coefficient (Wildman–Crippen LogP) is 4.04. The number of anilines is 1. The van der Waals surface area contributed by atoms with Crippen molar-refractivity contribution < 1.29 is 9.18 Å². The fraction of sp³-hybridized carbons (Fsp3) is 0.273. The molecule has 1 aliphatic heterocycles. The molecular weight excluding hydrogens is 355 g/mol. The number of aryl methyl sites for hydroxylation is 1. The van der Waals surface area contributed by atoms with Gasteiger partial charge in [0.2, 0.25) is 0 Å². The standard InChI is InChI=1S/C22H23FN4O/c1-15-5-7-18(8-6-15)26-22(28)20-14-25-27(19-4-2-3-17(23)13-19)21(20)16-9-11-24-12-10-16/h2-8,13-14,16,24H,9-12H2,1H3,(H,26,28). The van der Waals surface area contributed by atoms with Gasteiger partial charge in [-0.1, -0.05) is 23.8 Å². The number of nitrogens with zero attached hydrogens (tertiary/aromatic N) is 2. The maximum atomic E-state index is 13.8. The summed E-state index contributed by atoms with van der Waals surface area (Å²) in [5, 5.41) is 10.8. The second kappa shape index (κ2) is 7.94. The highest BCUT2D eigenvalue weighted by Gasteiger charge is 2.27. The van der Waals surface area contributed by atoms with Crippen molar-refractivity contribution in [3.8, 4) is 5.69 Å². The first-order chi connectivity index (χ1) is 13.6. The van der Waals surface area contributed by atoms with Crippen LogP contribution in [0.1, 0.15) is 40.4 Å². The topological polar surface area (TPSA) is 59.0 Å². The minimum atomic E-state index is -0.324. The van der Waals surface area contributed by atoms with E-state index in [1.165, 1.54) is 12.1 Å². The van der Waals surface area contributed by atoms with E-state index in [4.69, 9.17) is 0 Å². The van der Waals surface area contributed by atoms with Crippen molar-refractivity contribution in [1.29, 1.82) is 0 Å². The van der Waals surface area contributed by atoms with Crippen molar-refractivity contribution in [3.63, 3.8) is 0 Å². The van der Waals surface area contributed by atoms with Gasteiger partial charge in [0.15, 0.2) is 0 Å². The largest absolute Gasteiger partial charge is 0.322 e. The number of benzene rings is 2. The number of hydrogen-bond acceptors (Lipinski definition) is 3. The van der Waals surface area contributed by atoms with Gasteiger partial charge < -0.3 is 10.6 Å². The molecule has 2 heterocycles. The van der Waals surface area contributed by atoms with Crippen molar-refractivity contribution >= 4 is 11.6 Å². The molecule has 144 valence electrons. The molecule has 1 aromatic heterocycles. The number of piperidine rings is 1. The average molecular weight is 378 g/mol. The zero-order valence-electron chi connectivity index (χ0n) is 15.8. The molecule has 0 spiro atoms. The summed E-state index contributed by atoms with van der Waals surface area (Å²) in [7, 11) is 0. The SMILES string of the molecule is Cc1ccc(NC(=O)c2cnn(-c3cccc(F)c3)c2C2CCNCC2)cc1. The Morgan fingerprint density at radius 2 is 1.93 bits per heavy atom. The minimum absolute atomic E-state index is 0.186. The predicted molar refractivity (Wildman–Crippen MR) is 107 cm³/mol. The van der Waals surface area contributed by atoms with Crippen molar-refractivity contribution in [3.05, 3.63) is 77.4 Å². The van der Waals surface area contributed by atoms with Gasteiger partial charge in [-0.05, 0) is 63.2 Å². The summed E-state index contributed by atoms with van der Waals surface area (Å²) in [6.45, 7) is 3.78. The van der Waals surface area contributed by atoms with E-state index >= 15 is 0 Å². The van der Waals surface area contributed by atoms with Crippen LogP contribution in [0.25, 0.3) is 5.69 Å². The first-order valence-electron chi connectivity index (χ1n) is 9.54. The summed E-state index contributed by atoms with van der Waals surface area (Å²) in [4.78, 5) is 13.0. The van der Waals surface area contributed by atoms with Gasteiger partial charge in [0.25, 0.3) is 5.91 Å². The van der Waals surface area contributed by atoms with Crippen molar-refractivity contribution in [2.45, 2.75) is 25.7 Å². The van der Waals surface area contributed by atoms with E-state index < -0.39 is 0 Å². The number of rotatable bonds is 4. The second-order valence-corrected chi connectivity index (χ2v) is 7.18. The molecule has 3 aromatic rings. The number of nitrogens with one attached hydrogen (secondary N) is 2. The molecule has 0 bridgehead atoms. The second-order valence-electron chi connectivity index (χ2n) is 7.18. The highest BCUT2D eigenvalue weighted by Crippen LogP contribution is 2.30. The van der Waals surface area contributed by atoms with E-state index in [0.29, 0.717) is 11.3 Å². The molecule has 0 saturated carbocycles. The van der Waals surface area contributed by atoms with Gasteiger partial charge in [0, 0.05) is 11.6 Å². The number of halogens is 1. The lowest BCUT2D eigenvalue weighted by atomic mass is 9.91. The summed E-state index contributed by atoms with van der Waals surface area (Å²) >= 11 is 0. The van der Waals surface area contributed by atoms with Crippen LogP contribution in [0.3, 0.4) is 0 Å². The summed E-state index contributed by atoms with van der Waals surface area (Å²) in [5.74, 6) is -0.333. The molecule has 28 heavy (non-hydrogen) atoms. The van der Waals surface area contributed by atoms with Crippen LogP contribution in [0.5, 0.6) is 0 Å². The molecule has 0 radical (unpaired) electrons. The number of amides is 1. The Morgan fingerprint density at radius 1 is 1.18 bits per heavy atom. The van der Waals surface area contributed by atoms with Crippen LogP contribution >= 0.6 is 0 Å². The average Bonchev–Trinajstić information content (AvgIpc) is 3.16. The quantitative estimate of drug-likeness (QED) is 0.720. The maximum Gasteiger partial charge on any atom is 0.259 e. The lowest BCUT2D eigenvalue weighted by Crippen LogP contribution is -2.29. The summed E-state index contributed by atoms with van der Waals surface area (Å²) in [5.41, 5.74) is 3.88. The van der Waals surface area contributed by atoms with Gasteiger partial charge in [-0.15, -0.1) is 0 Å². The molecule has 1 aliphatic rings. The van der Waals surface area contributed by atoms with Gasteiger partial charge in [-0.2, -0.15) is 5.10 Å². The molecule has 0 atom stereocenters. The van der Waals surface area contributed by atoms with E-state index in [9.17, 15) is 9.18 Å². The Labute approximate surface area is 163 Å². The molecular formula is C22H23FN4O. The van der Waals surface area contributed by atoms with Crippen LogP contribution in [0.4, 0.5) is 10.1 Å². The van der Waals surface area contributed by atoms with Gasteiger partial charge in [-0.3, -0.25) is 4.79 Å². The van der Waals surface area contributed by atoms with Gasteiger partial charge in [-0.25, -0.2) is 9.07 Å². The number of carbonyl (C=O) groups is 1. The first kappa shape index (κ1) is 18.4. The smallest absolute Gasteiger partial charge is 0.259 e. The number of hydrogen-bond donors (Lipinski definition) is 2. The summed E-state index contributed by atoms with van der Waals surface area (Å²) in [6.07, 6.45) is 3.41. The minimum Gasteiger partial charge on any atom is -0.322 e. The molecule has 1 saturated heterocycles. The molecule has 2 N–H and O–H groups in total. The van der Waals surface area contributed by atoms with Crippen LogP contribution in [-0.4, -0.2) is 28.8 Å². The van der Waals surface area contributed by atoms with E-state index in [1.54, 1.807) is 16.9 Å². The number of aromatic nitrogens is 2. The maximum absolute atomic E-state index is 13.8. The summed E-state index contributed by atoms with van der Waals surface area (Å²) < 4.78 is 15.5. The van der Waals surface area contributed by atoms with Crippen LogP contribution in [0.15, 0.2) is 54.7 Å². The third kappa shape index (κ3) is 3.82. The molecule has 0 unspecified atom stereocenters. The van der Waals surface area contributed by atoms with Gasteiger partial charge in [0.1, 0.15) is 5.82 Å². The lowest BCUT2D eigenvalue weighted by Gasteiger charge is -2.24. The normalized spacial score (nSPS) is 14.8.